The third-order valence-corrected chi connectivity index (χ3v) is 6.85. The van der Waals surface area contributed by atoms with Gasteiger partial charge in [0.1, 0.15) is 17.7 Å². The highest BCUT2D eigenvalue weighted by Crippen LogP contribution is 2.33. The van der Waals surface area contributed by atoms with Crippen molar-refractivity contribution in [1.29, 1.82) is 0 Å². The van der Waals surface area contributed by atoms with E-state index in [4.69, 9.17) is 4.74 Å². The quantitative estimate of drug-likeness (QED) is 0.268. The molecule has 2 unspecified atom stereocenters. The van der Waals surface area contributed by atoms with E-state index in [1.165, 1.54) is 11.1 Å². The van der Waals surface area contributed by atoms with E-state index < -0.39 is 24.0 Å². The minimum absolute atomic E-state index is 0.0377. The average Bonchev–Trinajstić information content (AvgIpc) is 3.43. The molecular weight excluding hydrogens is 476 g/mol. The molecule has 0 saturated carbocycles. The van der Waals surface area contributed by atoms with Crippen LogP contribution in [0.25, 0.3) is 0 Å². The minimum atomic E-state index is -0.731. The molecule has 5 rings (SSSR count). The van der Waals surface area contributed by atoms with Crippen molar-refractivity contribution in [3.8, 4) is 0 Å². The number of benzene rings is 1. The lowest BCUT2D eigenvalue weighted by atomic mass is 10.00. The van der Waals surface area contributed by atoms with Crippen molar-refractivity contribution in [3.63, 3.8) is 0 Å². The number of aromatic nitrogens is 1. The second kappa shape index (κ2) is 9.68. The summed E-state index contributed by atoms with van der Waals surface area (Å²) in [6.45, 7) is 5.10. The van der Waals surface area contributed by atoms with Gasteiger partial charge in [-0.25, -0.2) is 4.79 Å². The van der Waals surface area contributed by atoms with Gasteiger partial charge in [-0.1, -0.05) is 19.9 Å². The summed E-state index contributed by atoms with van der Waals surface area (Å²) in [4.78, 5) is 64.0. The van der Waals surface area contributed by atoms with E-state index in [1.807, 2.05) is 22.9 Å². The Morgan fingerprint density at radius 3 is 2.68 bits per heavy atom. The first-order valence-corrected chi connectivity index (χ1v) is 12.4. The number of ketones is 1. The molecule has 3 aliphatic rings. The summed E-state index contributed by atoms with van der Waals surface area (Å²) >= 11 is 0. The standard InChI is InChI=1S/C27H28N4O6/c1-15(2)13-30-10-4-7-20(30)23-11-22(32)17(27(36)37-23)12-28-19-6-3-5-16-18(19)14-31(26(16)35)21-8-9-24(33)29-25(21)34/h3-7,10,12,15,21,23,28H,8-9,11,13-14H2,1-2H3,(H,29,33,34)/b17-12+. The number of rotatable bonds is 6. The Labute approximate surface area is 213 Å². The lowest BCUT2D eigenvalue weighted by Crippen LogP contribution is -2.52. The van der Waals surface area contributed by atoms with Gasteiger partial charge in [0.25, 0.3) is 5.91 Å². The molecule has 0 aliphatic carbocycles. The van der Waals surface area contributed by atoms with Crippen LogP contribution in [0.1, 0.15) is 60.8 Å². The van der Waals surface area contributed by atoms with Crippen LogP contribution < -0.4 is 10.6 Å². The van der Waals surface area contributed by atoms with Crippen LogP contribution in [0.4, 0.5) is 5.69 Å². The highest BCUT2D eigenvalue weighted by Gasteiger charge is 2.40. The predicted molar refractivity (Wildman–Crippen MR) is 132 cm³/mol. The first-order valence-electron chi connectivity index (χ1n) is 12.4. The second-order valence-electron chi connectivity index (χ2n) is 9.93. The van der Waals surface area contributed by atoms with Crippen molar-refractivity contribution in [1.82, 2.24) is 14.8 Å². The predicted octanol–water partition coefficient (Wildman–Crippen LogP) is 2.46. The van der Waals surface area contributed by atoms with E-state index in [1.54, 1.807) is 18.2 Å². The summed E-state index contributed by atoms with van der Waals surface area (Å²) in [5.41, 5.74) is 2.31. The number of nitrogens with zero attached hydrogens (tertiary/aromatic N) is 2. The van der Waals surface area contributed by atoms with Gasteiger partial charge < -0.3 is 19.5 Å². The van der Waals surface area contributed by atoms with Gasteiger partial charge in [0.2, 0.25) is 11.8 Å². The maximum Gasteiger partial charge on any atom is 0.343 e. The number of imide groups is 1. The molecule has 0 radical (unpaired) electrons. The number of anilines is 1. The molecule has 3 aliphatic heterocycles. The van der Waals surface area contributed by atoms with Crippen molar-refractivity contribution in [2.75, 3.05) is 5.32 Å². The summed E-state index contributed by atoms with van der Waals surface area (Å²) < 4.78 is 7.63. The molecular formula is C27H28N4O6. The number of cyclic esters (lactones) is 1. The fraction of sp³-hybridized carbons (Fsp3) is 0.370. The Bertz CT molecular complexity index is 1320. The van der Waals surface area contributed by atoms with E-state index in [0.717, 1.165) is 12.2 Å². The third kappa shape index (κ3) is 4.66. The number of hydrogen-bond acceptors (Lipinski definition) is 7. The van der Waals surface area contributed by atoms with Crippen molar-refractivity contribution >= 4 is 35.2 Å². The molecule has 1 aromatic carbocycles. The smallest absolute Gasteiger partial charge is 0.343 e. The normalized spacial score (nSPS) is 22.9. The van der Waals surface area contributed by atoms with Gasteiger partial charge in [0, 0.05) is 48.7 Å². The van der Waals surface area contributed by atoms with E-state index in [-0.39, 0.29) is 49.0 Å². The Morgan fingerprint density at radius 1 is 1.14 bits per heavy atom. The molecule has 10 nitrogen and oxygen atoms in total. The van der Waals surface area contributed by atoms with Gasteiger partial charge >= 0.3 is 5.97 Å². The van der Waals surface area contributed by atoms with E-state index in [0.29, 0.717) is 22.7 Å². The van der Waals surface area contributed by atoms with Crippen LogP contribution >= 0.6 is 0 Å². The van der Waals surface area contributed by atoms with Crippen LogP contribution in [-0.2, 0) is 37.0 Å². The van der Waals surface area contributed by atoms with E-state index >= 15 is 0 Å². The second-order valence-corrected chi connectivity index (χ2v) is 9.93. The van der Waals surface area contributed by atoms with Gasteiger partial charge in [-0.2, -0.15) is 0 Å². The number of fused-ring (bicyclic) bond motifs is 1. The van der Waals surface area contributed by atoms with Crippen LogP contribution in [0, 0.1) is 5.92 Å². The number of carbonyl (C=O) groups excluding carboxylic acids is 5. The number of ether oxygens (including phenoxy) is 1. The van der Waals surface area contributed by atoms with Crippen molar-refractivity contribution in [2.24, 2.45) is 5.92 Å². The molecule has 0 spiro atoms. The molecule has 2 fully saturated rings. The lowest BCUT2D eigenvalue weighted by Gasteiger charge is -2.29. The van der Waals surface area contributed by atoms with Crippen LogP contribution in [-0.4, -0.2) is 45.0 Å². The molecule has 4 heterocycles. The molecule has 2 N–H and O–H groups in total. The number of esters is 1. The lowest BCUT2D eigenvalue weighted by molar-refractivity contribution is -0.152. The van der Waals surface area contributed by atoms with Gasteiger partial charge in [-0.05, 0) is 36.6 Å². The van der Waals surface area contributed by atoms with E-state index in [2.05, 4.69) is 24.5 Å². The molecule has 2 aromatic rings. The van der Waals surface area contributed by atoms with Crippen LogP contribution in [0.2, 0.25) is 0 Å². The number of piperidine rings is 1. The van der Waals surface area contributed by atoms with Crippen molar-refractivity contribution in [3.05, 3.63) is 65.1 Å². The number of amides is 3. The number of Topliss-reactive ketones (excluding diaryl/α,β-unsaturated/α-hetero) is 1. The summed E-state index contributed by atoms with van der Waals surface area (Å²) in [6.07, 6.45) is 3.06. The van der Waals surface area contributed by atoms with Crippen LogP contribution in [0.5, 0.6) is 0 Å². The number of hydrogen-bond donors (Lipinski definition) is 2. The molecule has 192 valence electrons. The summed E-state index contributed by atoms with van der Waals surface area (Å²) in [7, 11) is 0. The molecule has 37 heavy (non-hydrogen) atoms. The van der Waals surface area contributed by atoms with Gasteiger partial charge in [0.05, 0.1) is 12.1 Å². The Balaban J connectivity index is 1.31. The molecule has 2 saturated heterocycles. The van der Waals surface area contributed by atoms with Crippen LogP contribution in [0.15, 0.2) is 48.3 Å². The largest absolute Gasteiger partial charge is 0.452 e. The zero-order valence-electron chi connectivity index (χ0n) is 20.7. The Kier molecular flexibility index (Phi) is 6.41. The third-order valence-electron chi connectivity index (χ3n) is 6.85. The summed E-state index contributed by atoms with van der Waals surface area (Å²) in [5, 5.41) is 5.29. The van der Waals surface area contributed by atoms with Gasteiger partial charge in [0.15, 0.2) is 5.78 Å². The van der Waals surface area contributed by atoms with Gasteiger partial charge in [-0.3, -0.25) is 24.5 Å². The van der Waals surface area contributed by atoms with Crippen molar-refractivity contribution in [2.45, 2.75) is 58.3 Å². The first kappa shape index (κ1) is 24.5. The van der Waals surface area contributed by atoms with Crippen molar-refractivity contribution < 1.29 is 28.7 Å². The highest BCUT2D eigenvalue weighted by atomic mass is 16.5. The monoisotopic (exact) mass is 504 g/mol. The Hall–Kier alpha value is -4.21. The topological polar surface area (TPSA) is 127 Å². The fourth-order valence-corrected chi connectivity index (χ4v) is 5.08. The van der Waals surface area contributed by atoms with Crippen LogP contribution in [0.3, 0.4) is 0 Å². The van der Waals surface area contributed by atoms with E-state index in [9.17, 15) is 24.0 Å². The first-order chi connectivity index (χ1) is 17.7. The molecule has 3 amide bonds. The zero-order chi connectivity index (χ0) is 26.3. The molecule has 2 atom stereocenters. The number of carbonyl (C=O) groups is 5. The molecule has 10 heteroatoms. The fourth-order valence-electron chi connectivity index (χ4n) is 5.08. The summed E-state index contributed by atoms with van der Waals surface area (Å²) in [6, 6.07) is 8.09. The van der Waals surface area contributed by atoms with Gasteiger partial charge in [-0.15, -0.1) is 0 Å². The maximum atomic E-state index is 13.0. The maximum absolute atomic E-state index is 13.0. The summed E-state index contributed by atoms with van der Waals surface area (Å²) in [5.74, 6) is -1.79. The molecule has 0 bridgehead atoms. The highest BCUT2D eigenvalue weighted by molar-refractivity contribution is 6.19. The average molecular weight is 505 g/mol. The minimum Gasteiger partial charge on any atom is -0.452 e. The Morgan fingerprint density at radius 2 is 1.95 bits per heavy atom. The SMILES string of the molecule is CC(C)Cn1cccc1C1CC(=O)/C(=C\Nc2cccc3c2CN(C2CCC(=O)NC2=O)C3=O)C(=O)O1. The number of nitrogens with one attached hydrogen (secondary N) is 2. The molecule has 1 aromatic heterocycles. The zero-order valence-corrected chi connectivity index (χ0v) is 20.7.